The molecule has 1 amide bonds. The van der Waals surface area contributed by atoms with Gasteiger partial charge in [-0.15, -0.1) is 5.10 Å². The monoisotopic (exact) mass is 487 g/mol. The second-order valence-corrected chi connectivity index (χ2v) is 8.52. The van der Waals surface area contributed by atoms with E-state index in [1.807, 2.05) is 78.9 Å². The van der Waals surface area contributed by atoms with E-state index in [9.17, 15) is 4.79 Å². The van der Waals surface area contributed by atoms with Gasteiger partial charge in [-0.25, -0.2) is 4.68 Å². The molecule has 34 heavy (non-hydrogen) atoms. The Morgan fingerprint density at radius 2 is 1.62 bits per heavy atom. The van der Waals surface area contributed by atoms with Crippen LogP contribution in [-0.4, -0.2) is 20.7 Å². The molecule has 0 spiro atoms. The van der Waals surface area contributed by atoms with Crippen LogP contribution in [0.2, 0.25) is 10.0 Å². The molecule has 0 fully saturated rings. The minimum atomic E-state index is -0.319. The van der Waals surface area contributed by atoms with Crippen molar-refractivity contribution in [2.45, 2.75) is 6.04 Å². The highest BCUT2D eigenvalue weighted by molar-refractivity contribution is 6.30. The zero-order chi connectivity index (χ0) is 23.5. The molecule has 6 nitrogen and oxygen atoms in total. The maximum Gasteiger partial charge on any atom is 0.250 e. The van der Waals surface area contributed by atoms with Crippen LogP contribution in [0.25, 0.3) is 11.8 Å². The zero-order valence-electron chi connectivity index (χ0n) is 17.8. The molecule has 1 aliphatic rings. The summed E-state index contributed by atoms with van der Waals surface area (Å²) in [4.78, 5) is 17.0. The number of carbonyl (C=O) groups is 1. The van der Waals surface area contributed by atoms with E-state index in [0.29, 0.717) is 16.0 Å². The van der Waals surface area contributed by atoms with Crippen LogP contribution in [0.1, 0.15) is 22.7 Å². The molecule has 0 unspecified atom stereocenters. The molecule has 2 heterocycles. The maximum absolute atomic E-state index is 12.5. The molecular weight excluding hydrogens is 469 g/mol. The molecule has 3 aromatic carbocycles. The fraction of sp³-hybridized carbons (Fsp3) is 0.0385. The molecule has 8 heteroatoms. The topological polar surface area (TPSA) is 71.8 Å². The smallest absolute Gasteiger partial charge is 0.250 e. The highest BCUT2D eigenvalue weighted by atomic mass is 35.5. The summed E-state index contributed by atoms with van der Waals surface area (Å²) >= 11 is 12.2. The molecule has 2 N–H and O–H groups in total. The van der Waals surface area contributed by atoms with Gasteiger partial charge in [-0.2, -0.15) is 4.98 Å². The van der Waals surface area contributed by atoms with Gasteiger partial charge in [0, 0.05) is 21.8 Å². The van der Waals surface area contributed by atoms with Gasteiger partial charge in [-0.05, 0) is 53.1 Å². The normalized spacial score (nSPS) is 14.9. The molecule has 1 aromatic heterocycles. The number of anilines is 2. The van der Waals surface area contributed by atoms with Crippen LogP contribution in [-0.2, 0) is 4.79 Å². The highest BCUT2D eigenvalue weighted by Crippen LogP contribution is 2.34. The number of amides is 1. The van der Waals surface area contributed by atoms with Crippen molar-refractivity contribution < 1.29 is 4.79 Å². The van der Waals surface area contributed by atoms with Gasteiger partial charge in [0.05, 0.1) is 0 Å². The first kappa shape index (κ1) is 21.9. The Labute approximate surface area is 206 Å². The average Bonchev–Trinajstić information content (AvgIpc) is 3.26. The standard InChI is InChI=1S/C26H19Cl2N5O/c27-20-11-7-18(8-12-20)22-16-23(19-9-13-21(28)14-10-19)33-26(29-22)31-25(32-33)30-24(34)15-6-17-4-2-1-3-5-17/h1-16,23H,(H2,29,30,31,32,34)/b15-6+/t23-/m0/s1. The Hall–Kier alpha value is -3.87. The lowest BCUT2D eigenvalue weighted by Crippen LogP contribution is -2.20. The summed E-state index contributed by atoms with van der Waals surface area (Å²) in [6, 6.07) is 24.4. The van der Waals surface area contributed by atoms with Gasteiger partial charge < -0.3 is 5.32 Å². The molecule has 0 bridgehead atoms. The fourth-order valence-electron chi connectivity index (χ4n) is 3.63. The van der Waals surface area contributed by atoms with Crippen LogP contribution < -0.4 is 10.6 Å². The van der Waals surface area contributed by atoms with Crippen molar-refractivity contribution in [2.75, 3.05) is 10.6 Å². The van der Waals surface area contributed by atoms with E-state index >= 15 is 0 Å². The van der Waals surface area contributed by atoms with Crippen LogP contribution in [0, 0.1) is 0 Å². The van der Waals surface area contributed by atoms with Gasteiger partial charge in [-0.1, -0.05) is 77.8 Å². The summed E-state index contributed by atoms with van der Waals surface area (Å²) in [7, 11) is 0. The molecule has 1 aliphatic heterocycles. The molecule has 168 valence electrons. The SMILES string of the molecule is O=C(/C=C/c1ccccc1)Nc1nc2n(n1)[C@H](c1ccc(Cl)cc1)C=C(c1ccc(Cl)cc1)N2. The third kappa shape index (κ3) is 4.88. The summed E-state index contributed by atoms with van der Waals surface area (Å²) in [5, 5.41) is 11.9. The lowest BCUT2D eigenvalue weighted by atomic mass is 10.0. The zero-order valence-corrected chi connectivity index (χ0v) is 19.3. The summed E-state index contributed by atoms with van der Waals surface area (Å²) in [6.45, 7) is 0. The van der Waals surface area contributed by atoms with Crippen molar-refractivity contribution in [3.05, 3.63) is 118 Å². The molecule has 0 aliphatic carbocycles. The number of benzene rings is 3. The number of nitrogens with one attached hydrogen (secondary N) is 2. The number of hydrogen-bond donors (Lipinski definition) is 2. The summed E-state index contributed by atoms with van der Waals surface area (Å²) < 4.78 is 1.74. The van der Waals surface area contributed by atoms with Crippen LogP contribution >= 0.6 is 23.2 Å². The number of fused-ring (bicyclic) bond motifs is 1. The third-order valence-corrected chi connectivity index (χ3v) is 5.80. The molecule has 5 rings (SSSR count). The second kappa shape index (κ2) is 9.55. The molecular formula is C26H19Cl2N5O. The molecule has 1 atom stereocenters. The maximum atomic E-state index is 12.5. The minimum absolute atomic E-state index is 0.204. The van der Waals surface area contributed by atoms with Crippen LogP contribution in [0.15, 0.2) is 91.0 Å². The molecule has 0 saturated heterocycles. The van der Waals surface area contributed by atoms with Crippen molar-refractivity contribution in [3.63, 3.8) is 0 Å². The quantitative estimate of drug-likeness (QED) is 0.324. The van der Waals surface area contributed by atoms with Gasteiger partial charge in [0.2, 0.25) is 5.95 Å². The first-order valence-electron chi connectivity index (χ1n) is 10.6. The van der Waals surface area contributed by atoms with Crippen molar-refractivity contribution >= 4 is 52.8 Å². The summed E-state index contributed by atoms with van der Waals surface area (Å²) in [5.41, 5.74) is 3.72. The molecule has 4 aromatic rings. The number of hydrogen-bond acceptors (Lipinski definition) is 4. The van der Waals surface area contributed by atoms with Gasteiger partial charge >= 0.3 is 0 Å². The number of halogens is 2. The van der Waals surface area contributed by atoms with E-state index in [1.54, 1.807) is 10.8 Å². The number of aromatic nitrogens is 3. The predicted octanol–water partition coefficient (Wildman–Crippen LogP) is 6.29. The molecule has 0 radical (unpaired) electrons. The number of nitrogens with zero attached hydrogens (tertiary/aromatic N) is 3. The van der Waals surface area contributed by atoms with E-state index in [1.165, 1.54) is 6.08 Å². The lowest BCUT2D eigenvalue weighted by Gasteiger charge is -2.24. The Morgan fingerprint density at radius 3 is 2.32 bits per heavy atom. The Kier molecular flexibility index (Phi) is 6.16. The van der Waals surface area contributed by atoms with Crippen molar-refractivity contribution in [1.29, 1.82) is 0 Å². The lowest BCUT2D eigenvalue weighted by molar-refractivity contribution is -0.111. The Morgan fingerprint density at radius 1 is 0.941 bits per heavy atom. The Balaban J connectivity index is 1.44. The van der Waals surface area contributed by atoms with E-state index < -0.39 is 0 Å². The number of allylic oxidation sites excluding steroid dienone is 1. The van der Waals surface area contributed by atoms with Gasteiger partial charge in [0.1, 0.15) is 6.04 Å². The third-order valence-electron chi connectivity index (χ3n) is 5.29. The van der Waals surface area contributed by atoms with E-state index in [4.69, 9.17) is 23.2 Å². The van der Waals surface area contributed by atoms with Gasteiger partial charge in [0.25, 0.3) is 11.9 Å². The first-order chi connectivity index (χ1) is 16.5. The van der Waals surface area contributed by atoms with Gasteiger partial charge in [-0.3, -0.25) is 10.1 Å². The van der Waals surface area contributed by atoms with Gasteiger partial charge in [0.15, 0.2) is 0 Å². The second-order valence-electron chi connectivity index (χ2n) is 7.65. The van der Waals surface area contributed by atoms with Crippen LogP contribution in [0.3, 0.4) is 0 Å². The van der Waals surface area contributed by atoms with E-state index in [0.717, 1.165) is 22.4 Å². The first-order valence-corrected chi connectivity index (χ1v) is 11.3. The highest BCUT2D eigenvalue weighted by Gasteiger charge is 2.25. The Bertz CT molecular complexity index is 1380. The van der Waals surface area contributed by atoms with Crippen molar-refractivity contribution in [1.82, 2.24) is 14.8 Å². The molecule has 0 saturated carbocycles. The minimum Gasteiger partial charge on any atom is -0.324 e. The largest absolute Gasteiger partial charge is 0.324 e. The number of carbonyl (C=O) groups excluding carboxylic acids is 1. The predicted molar refractivity (Wildman–Crippen MR) is 137 cm³/mol. The number of rotatable bonds is 5. The summed E-state index contributed by atoms with van der Waals surface area (Å²) in [6.07, 6.45) is 5.24. The van der Waals surface area contributed by atoms with Crippen LogP contribution in [0.5, 0.6) is 0 Å². The van der Waals surface area contributed by atoms with E-state index in [2.05, 4.69) is 26.8 Å². The van der Waals surface area contributed by atoms with E-state index in [-0.39, 0.29) is 17.9 Å². The fourth-order valence-corrected chi connectivity index (χ4v) is 3.88. The average molecular weight is 488 g/mol. The van der Waals surface area contributed by atoms with Crippen LogP contribution in [0.4, 0.5) is 11.9 Å². The van der Waals surface area contributed by atoms with Crippen molar-refractivity contribution in [3.8, 4) is 0 Å². The van der Waals surface area contributed by atoms with Crippen molar-refractivity contribution in [2.24, 2.45) is 0 Å². The summed E-state index contributed by atoms with van der Waals surface area (Å²) in [5.74, 6) is 0.394.